The van der Waals surface area contributed by atoms with E-state index in [1.165, 1.54) is 0 Å². The second-order valence-electron chi connectivity index (χ2n) is 4.59. The molecular weight excluding hydrogens is 224 g/mol. The van der Waals surface area contributed by atoms with Crippen LogP contribution in [0.3, 0.4) is 0 Å². The zero-order chi connectivity index (χ0) is 12.1. The van der Waals surface area contributed by atoms with E-state index in [1.54, 1.807) is 6.20 Å². The molecular formula is C12H21ClN2O. The summed E-state index contributed by atoms with van der Waals surface area (Å²) >= 11 is 6.05. The van der Waals surface area contributed by atoms with Crippen LogP contribution >= 0.6 is 11.6 Å². The summed E-state index contributed by atoms with van der Waals surface area (Å²) in [6.07, 6.45) is 3.85. The normalized spacial score (nSPS) is 13.4. The van der Waals surface area contributed by atoms with Gasteiger partial charge in [-0.25, -0.2) is 0 Å². The first-order chi connectivity index (χ1) is 7.56. The van der Waals surface area contributed by atoms with Gasteiger partial charge >= 0.3 is 0 Å². The molecule has 0 spiro atoms. The van der Waals surface area contributed by atoms with Crippen molar-refractivity contribution >= 4 is 11.6 Å². The van der Waals surface area contributed by atoms with Crippen LogP contribution in [0.15, 0.2) is 6.20 Å². The molecule has 4 heteroatoms. The Bertz CT molecular complexity index is 323. The quantitative estimate of drug-likeness (QED) is 0.833. The van der Waals surface area contributed by atoms with Gasteiger partial charge in [-0.15, -0.1) is 0 Å². The smallest absolute Gasteiger partial charge is 0.0971 e. The minimum Gasteiger partial charge on any atom is -0.387 e. The number of aromatic nitrogens is 2. The van der Waals surface area contributed by atoms with Gasteiger partial charge < -0.3 is 5.11 Å². The van der Waals surface area contributed by atoms with Gasteiger partial charge in [0.15, 0.2) is 0 Å². The molecule has 92 valence electrons. The molecule has 1 rings (SSSR count). The first-order valence-electron chi connectivity index (χ1n) is 5.95. The van der Waals surface area contributed by atoms with E-state index in [0.717, 1.165) is 31.5 Å². The minimum atomic E-state index is -0.496. The first kappa shape index (κ1) is 13.5. The minimum absolute atomic E-state index is 0.496. The molecule has 1 aromatic heterocycles. The summed E-state index contributed by atoms with van der Waals surface area (Å²) in [7, 11) is 0. The molecule has 0 radical (unpaired) electrons. The molecule has 1 N–H and O–H groups in total. The number of hydrogen-bond donors (Lipinski definition) is 1. The summed E-state index contributed by atoms with van der Waals surface area (Å²) in [6, 6.07) is 0. The zero-order valence-electron chi connectivity index (χ0n) is 10.3. The van der Waals surface area contributed by atoms with Crippen LogP contribution in [0.25, 0.3) is 0 Å². The van der Waals surface area contributed by atoms with Crippen LogP contribution in [0, 0.1) is 5.92 Å². The molecule has 1 unspecified atom stereocenters. The van der Waals surface area contributed by atoms with Crippen LogP contribution in [0.2, 0.25) is 5.02 Å². The van der Waals surface area contributed by atoms with Crippen molar-refractivity contribution in [1.82, 2.24) is 9.78 Å². The van der Waals surface area contributed by atoms with Crippen LogP contribution in [0.5, 0.6) is 0 Å². The monoisotopic (exact) mass is 244 g/mol. The maximum absolute atomic E-state index is 10.1. The van der Waals surface area contributed by atoms with Crippen LogP contribution in [0.4, 0.5) is 0 Å². The molecule has 0 fully saturated rings. The van der Waals surface area contributed by atoms with E-state index < -0.39 is 6.10 Å². The third-order valence-electron chi connectivity index (χ3n) is 2.60. The molecule has 0 aliphatic heterocycles. The highest BCUT2D eigenvalue weighted by atomic mass is 35.5. The summed E-state index contributed by atoms with van der Waals surface area (Å²) in [4.78, 5) is 0. The van der Waals surface area contributed by atoms with E-state index in [9.17, 15) is 5.11 Å². The summed E-state index contributed by atoms with van der Waals surface area (Å²) in [5.74, 6) is 0.593. The molecule has 1 heterocycles. The fourth-order valence-corrected chi connectivity index (χ4v) is 1.99. The molecule has 0 amide bonds. The lowest BCUT2D eigenvalue weighted by molar-refractivity contribution is 0.148. The number of hydrogen-bond acceptors (Lipinski definition) is 2. The molecule has 1 aromatic rings. The van der Waals surface area contributed by atoms with Crippen molar-refractivity contribution in [3.05, 3.63) is 16.9 Å². The second kappa shape index (κ2) is 6.26. The van der Waals surface area contributed by atoms with E-state index in [4.69, 9.17) is 11.6 Å². The van der Waals surface area contributed by atoms with Crippen molar-refractivity contribution in [2.75, 3.05) is 0 Å². The maximum Gasteiger partial charge on any atom is 0.0971 e. The number of aliphatic hydroxyl groups is 1. The first-order valence-corrected chi connectivity index (χ1v) is 6.33. The fourth-order valence-electron chi connectivity index (χ4n) is 1.72. The number of nitrogens with zero attached hydrogens (tertiary/aromatic N) is 2. The largest absolute Gasteiger partial charge is 0.387 e. The number of rotatable bonds is 6. The van der Waals surface area contributed by atoms with Crippen LogP contribution < -0.4 is 0 Å². The number of halogens is 1. The second-order valence-corrected chi connectivity index (χ2v) is 5.00. The predicted molar refractivity (Wildman–Crippen MR) is 66.6 cm³/mol. The average Bonchev–Trinajstić information content (AvgIpc) is 2.57. The lowest BCUT2D eigenvalue weighted by Gasteiger charge is -2.14. The van der Waals surface area contributed by atoms with Gasteiger partial charge in [-0.05, 0) is 25.2 Å². The van der Waals surface area contributed by atoms with Gasteiger partial charge in [0.2, 0.25) is 0 Å². The third-order valence-corrected chi connectivity index (χ3v) is 2.89. The Hall–Kier alpha value is -0.540. The fraction of sp³-hybridized carbons (Fsp3) is 0.750. The van der Waals surface area contributed by atoms with Gasteiger partial charge in [0.25, 0.3) is 0 Å². The number of aliphatic hydroxyl groups excluding tert-OH is 1. The molecule has 1 atom stereocenters. The molecule has 0 aromatic carbocycles. The van der Waals surface area contributed by atoms with Crippen molar-refractivity contribution < 1.29 is 5.11 Å². The Kier molecular flexibility index (Phi) is 5.29. The van der Waals surface area contributed by atoms with E-state index >= 15 is 0 Å². The van der Waals surface area contributed by atoms with Crippen LogP contribution in [0.1, 0.15) is 51.8 Å². The molecule has 0 saturated carbocycles. The van der Waals surface area contributed by atoms with Crippen LogP contribution in [-0.2, 0) is 6.54 Å². The van der Waals surface area contributed by atoms with Crippen molar-refractivity contribution in [3.8, 4) is 0 Å². The van der Waals surface area contributed by atoms with Gasteiger partial charge in [0, 0.05) is 6.54 Å². The standard InChI is InChI=1S/C12H21ClN2O/c1-4-7-15-12(10(13)8-14-15)11(16)6-5-9(2)3/h8-9,11,16H,4-7H2,1-3H3. The van der Waals surface area contributed by atoms with Crippen molar-refractivity contribution in [1.29, 1.82) is 0 Å². The third kappa shape index (κ3) is 3.49. The SMILES string of the molecule is CCCn1ncc(Cl)c1C(O)CCC(C)C. The average molecular weight is 245 g/mol. The van der Waals surface area contributed by atoms with E-state index in [2.05, 4.69) is 25.9 Å². The summed E-state index contributed by atoms with van der Waals surface area (Å²) in [6.45, 7) is 7.19. The highest BCUT2D eigenvalue weighted by Gasteiger charge is 2.17. The number of aryl methyl sites for hydroxylation is 1. The Morgan fingerprint density at radius 2 is 2.12 bits per heavy atom. The highest BCUT2D eigenvalue weighted by Crippen LogP contribution is 2.27. The molecule has 0 saturated heterocycles. The summed E-state index contributed by atoms with van der Waals surface area (Å²) in [5, 5.41) is 14.9. The molecule has 0 aliphatic rings. The summed E-state index contributed by atoms with van der Waals surface area (Å²) in [5.41, 5.74) is 0.768. The zero-order valence-corrected chi connectivity index (χ0v) is 11.0. The highest BCUT2D eigenvalue weighted by molar-refractivity contribution is 6.31. The van der Waals surface area contributed by atoms with Gasteiger partial charge in [0.05, 0.1) is 23.0 Å². The van der Waals surface area contributed by atoms with Gasteiger partial charge in [-0.2, -0.15) is 5.10 Å². The molecule has 0 aliphatic carbocycles. The maximum atomic E-state index is 10.1. The lowest BCUT2D eigenvalue weighted by Crippen LogP contribution is -2.10. The molecule has 0 bridgehead atoms. The van der Waals surface area contributed by atoms with Gasteiger partial charge in [-0.1, -0.05) is 32.4 Å². The topological polar surface area (TPSA) is 38.0 Å². The Labute approximate surface area is 102 Å². The molecule has 3 nitrogen and oxygen atoms in total. The lowest BCUT2D eigenvalue weighted by atomic mass is 10.0. The Morgan fingerprint density at radius 3 is 2.69 bits per heavy atom. The van der Waals surface area contributed by atoms with E-state index in [1.807, 2.05) is 4.68 Å². The van der Waals surface area contributed by atoms with Gasteiger partial charge in [0.1, 0.15) is 0 Å². The van der Waals surface area contributed by atoms with Crippen LogP contribution in [-0.4, -0.2) is 14.9 Å². The Morgan fingerprint density at radius 1 is 1.44 bits per heavy atom. The van der Waals surface area contributed by atoms with E-state index in [0.29, 0.717) is 10.9 Å². The molecule has 16 heavy (non-hydrogen) atoms. The van der Waals surface area contributed by atoms with Crippen molar-refractivity contribution in [3.63, 3.8) is 0 Å². The van der Waals surface area contributed by atoms with Crippen molar-refractivity contribution in [2.24, 2.45) is 5.92 Å². The van der Waals surface area contributed by atoms with Crippen molar-refractivity contribution in [2.45, 2.75) is 52.7 Å². The van der Waals surface area contributed by atoms with E-state index in [-0.39, 0.29) is 0 Å². The summed E-state index contributed by atoms with van der Waals surface area (Å²) < 4.78 is 1.81. The Balaban J connectivity index is 2.72. The predicted octanol–water partition coefficient (Wildman–Crippen LogP) is 3.42. The van der Waals surface area contributed by atoms with Gasteiger partial charge in [-0.3, -0.25) is 4.68 Å².